The Balaban J connectivity index is 2.27. The van der Waals surface area contributed by atoms with Crippen LogP contribution in [0.3, 0.4) is 0 Å². The van der Waals surface area contributed by atoms with E-state index in [1.807, 2.05) is 0 Å². The second kappa shape index (κ2) is 6.52. The van der Waals surface area contributed by atoms with E-state index >= 15 is 0 Å². The summed E-state index contributed by atoms with van der Waals surface area (Å²) >= 11 is 11.6. The second-order valence-corrected chi connectivity index (χ2v) is 4.96. The maximum Gasteiger partial charge on any atom is 0.276 e. The third-order valence-corrected chi connectivity index (χ3v) is 3.49. The largest absolute Gasteiger partial charge is 0.289 e. The maximum atomic E-state index is 12.0. The Hall–Kier alpha value is -2.17. The van der Waals surface area contributed by atoms with Crippen molar-refractivity contribution in [3.63, 3.8) is 0 Å². The van der Waals surface area contributed by atoms with Gasteiger partial charge in [-0.1, -0.05) is 35.3 Å². The lowest BCUT2D eigenvalue weighted by molar-refractivity contribution is -0.385. The van der Waals surface area contributed by atoms with Gasteiger partial charge in [-0.25, -0.2) is 0 Å². The van der Waals surface area contributed by atoms with Crippen molar-refractivity contribution in [1.29, 1.82) is 0 Å². The molecule has 0 bridgehead atoms. The zero-order valence-corrected chi connectivity index (χ0v) is 12.1. The molecule has 106 valence electrons. The van der Waals surface area contributed by atoms with Gasteiger partial charge in [0, 0.05) is 11.6 Å². The number of nitro groups is 1. The monoisotopic (exact) mass is 321 g/mol. The van der Waals surface area contributed by atoms with Crippen LogP contribution < -0.4 is 0 Å². The average molecular weight is 322 g/mol. The van der Waals surface area contributed by atoms with Gasteiger partial charge in [0.1, 0.15) is 0 Å². The van der Waals surface area contributed by atoms with Crippen molar-refractivity contribution in [3.8, 4) is 0 Å². The van der Waals surface area contributed by atoms with E-state index in [2.05, 4.69) is 0 Å². The molecular formula is C15H9Cl2NO3. The Labute approximate surface area is 130 Å². The van der Waals surface area contributed by atoms with Crippen molar-refractivity contribution in [1.82, 2.24) is 0 Å². The third-order valence-electron chi connectivity index (χ3n) is 2.75. The molecule has 0 spiro atoms. The quantitative estimate of drug-likeness (QED) is 0.352. The number of rotatable bonds is 4. The number of allylic oxidation sites excluding steroid dienone is 1. The summed E-state index contributed by atoms with van der Waals surface area (Å²) < 4.78 is 0. The first kappa shape index (κ1) is 15.2. The second-order valence-electron chi connectivity index (χ2n) is 4.14. The van der Waals surface area contributed by atoms with Gasteiger partial charge >= 0.3 is 0 Å². The van der Waals surface area contributed by atoms with Gasteiger partial charge in [-0.2, -0.15) is 0 Å². The van der Waals surface area contributed by atoms with E-state index in [9.17, 15) is 14.9 Å². The highest BCUT2D eigenvalue weighted by molar-refractivity contribution is 6.42. The fourth-order valence-electron chi connectivity index (χ4n) is 1.71. The molecular weight excluding hydrogens is 313 g/mol. The summed E-state index contributed by atoms with van der Waals surface area (Å²) in [6.07, 6.45) is 2.67. The number of halogens is 2. The number of carbonyl (C=O) groups excluding carboxylic acids is 1. The van der Waals surface area contributed by atoms with Gasteiger partial charge in [-0.3, -0.25) is 14.9 Å². The van der Waals surface area contributed by atoms with Gasteiger partial charge in [0.2, 0.25) is 0 Å². The minimum atomic E-state index is -0.497. The van der Waals surface area contributed by atoms with Crippen LogP contribution in [0, 0.1) is 10.1 Å². The van der Waals surface area contributed by atoms with Crippen molar-refractivity contribution in [2.24, 2.45) is 0 Å². The Morgan fingerprint density at radius 2 is 1.81 bits per heavy atom. The topological polar surface area (TPSA) is 60.2 Å². The van der Waals surface area contributed by atoms with Crippen molar-refractivity contribution in [2.75, 3.05) is 0 Å². The average Bonchev–Trinajstić information content (AvgIpc) is 2.47. The van der Waals surface area contributed by atoms with Crippen molar-refractivity contribution in [3.05, 3.63) is 79.8 Å². The maximum absolute atomic E-state index is 12.0. The van der Waals surface area contributed by atoms with Gasteiger partial charge in [0.15, 0.2) is 5.78 Å². The minimum absolute atomic E-state index is 0.0595. The molecule has 4 nitrogen and oxygen atoms in total. The molecule has 6 heteroatoms. The minimum Gasteiger partial charge on any atom is -0.289 e. The standard InChI is InChI=1S/C15H9Cl2NO3/c16-12-7-5-11(9-13(12)17)15(19)8-6-10-3-1-2-4-14(10)18(20)21/h1-9H/b8-6+. The van der Waals surface area contributed by atoms with E-state index in [4.69, 9.17) is 23.2 Å². The van der Waals surface area contributed by atoms with Gasteiger partial charge in [-0.15, -0.1) is 0 Å². The van der Waals surface area contributed by atoms with Crippen molar-refractivity contribution in [2.45, 2.75) is 0 Å². The molecule has 0 fully saturated rings. The summed E-state index contributed by atoms with van der Waals surface area (Å²) in [5, 5.41) is 11.5. The lowest BCUT2D eigenvalue weighted by atomic mass is 10.1. The summed E-state index contributed by atoms with van der Waals surface area (Å²) in [4.78, 5) is 22.4. The summed E-state index contributed by atoms with van der Waals surface area (Å²) in [5.74, 6) is -0.313. The molecule has 0 heterocycles. The van der Waals surface area contributed by atoms with E-state index in [0.717, 1.165) is 0 Å². The third kappa shape index (κ3) is 3.68. The highest BCUT2D eigenvalue weighted by Gasteiger charge is 2.10. The first-order valence-corrected chi connectivity index (χ1v) is 6.65. The summed E-state index contributed by atoms with van der Waals surface area (Å²) in [6.45, 7) is 0. The van der Waals surface area contributed by atoms with Crippen molar-refractivity contribution >= 4 is 40.7 Å². The van der Waals surface area contributed by atoms with Crippen LogP contribution in [0.25, 0.3) is 6.08 Å². The highest BCUT2D eigenvalue weighted by atomic mass is 35.5. The molecule has 0 saturated carbocycles. The Morgan fingerprint density at radius 3 is 2.48 bits per heavy atom. The number of para-hydroxylation sites is 1. The molecule has 2 aromatic carbocycles. The van der Waals surface area contributed by atoms with E-state index in [0.29, 0.717) is 16.1 Å². The van der Waals surface area contributed by atoms with E-state index in [1.54, 1.807) is 24.3 Å². The van der Waals surface area contributed by atoms with Crippen LogP contribution >= 0.6 is 23.2 Å². The molecule has 0 amide bonds. The summed E-state index contributed by atoms with van der Waals surface area (Å²) in [5.41, 5.74) is 0.658. The molecule has 0 atom stereocenters. The van der Waals surface area contributed by atoms with Crippen molar-refractivity contribution < 1.29 is 9.72 Å². The molecule has 0 aromatic heterocycles. The summed E-state index contributed by atoms with van der Waals surface area (Å²) in [6, 6.07) is 10.7. The number of hydrogen-bond acceptors (Lipinski definition) is 3. The summed E-state index contributed by atoms with van der Waals surface area (Å²) in [7, 11) is 0. The number of nitro benzene ring substituents is 1. The Bertz CT molecular complexity index is 741. The predicted octanol–water partition coefficient (Wildman–Crippen LogP) is 4.80. The van der Waals surface area contributed by atoms with Crippen LogP contribution in [0.5, 0.6) is 0 Å². The Kier molecular flexibility index (Phi) is 4.73. The van der Waals surface area contributed by atoms with E-state index in [1.165, 1.54) is 30.4 Å². The predicted molar refractivity (Wildman–Crippen MR) is 82.9 cm³/mol. The molecule has 2 aromatic rings. The van der Waals surface area contributed by atoms with Gasteiger partial charge in [0.05, 0.1) is 20.5 Å². The van der Waals surface area contributed by atoms with Crippen LogP contribution in [0.1, 0.15) is 15.9 Å². The molecule has 2 rings (SSSR count). The first-order valence-electron chi connectivity index (χ1n) is 5.90. The zero-order valence-electron chi connectivity index (χ0n) is 10.6. The molecule has 0 N–H and O–H groups in total. The number of ketones is 1. The van der Waals surface area contributed by atoms with Crippen LogP contribution in [-0.4, -0.2) is 10.7 Å². The van der Waals surface area contributed by atoms with Crippen LogP contribution in [0.4, 0.5) is 5.69 Å². The van der Waals surface area contributed by atoms with Gasteiger partial charge in [-0.05, 0) is 36.4 Å². The molecule has 21 heavy (non-hydrogen) atoms. The zero-order chi connectivity index (χ0) is 15.4. The van der Waals surface area contributed by atoms with Crippen LogP contribution in [0.2, 0.25) is 10.0 Å². The Morgan fingerprint density at radius 1 is 1.10 bits per heavy atom. The van der Waals surface area contributed by atoms with Crippen LogP contribution in [0.15, 0.2) is 48.5 Å². The molecule has 0 radical (unpaired) electrons. The molecule has 0 saturated heterocycles. The van der Waals surface area contributed by atoms with Gasteiger partial charge in [0.25, 0.3) is 5.69 Å². The number of hydrogen-bond donors (Lipinski definition) is 0. The number of nitrogens with zero attached hydrogens (tertiary/aromatic N) is 1. The van der Waals surface area contributed by atoms with E-state index in [-0.39, 0.29) is 16.5 Å². The lowest BCUT2D eigenvalue weighted by Gasteiger charge is -1.99. The van der Waals surface area contributed by atoms with Crippen LogP contribution in [-0.2, 0) is 0 Å². The highest BCUT2D eigenvalue weighted by Crippen LogP contribution is 2.23. The molecule has 0 aliphatic heterocycles. The molecule has 0 aliphatic rings. The first-order chi connectivity index (χ1) is 9.99. The number of carbonyl (C=O) groups is 1. The van der Waals surface area contributed by atoms with Gasteiger partial charge < -0.3 is 0 Å². The normalized spacial score (nSPS) is 10.8. The smallest absolute Gasteiger partial charge is 0.276 e. The lowest BCUT2D eigenvalue weighted by Crippen LogP contribution is -1.95. The molecule has 0 aliphatic carbocycles. The molecule has 0 unspecified atom stereocenters. The fraction of sp³-hybridized carbons (Fsp3) is 0. The van der Waals surface area contributed by atoms with E-state index < -0.39 is 4.92 Å². The fourth-order valence-corrected chi connectivity index (χ4v) is 2.00. The number of benzene rings is 2. The SMILES string of the molecule is O=C(/C=C/c1ccccc1[N+](=O)[O-])c1ccc(Cl)c(Cl)c1.